The van der Waals surface area contributed by atoms with E-state index in [0.717, 1.165) is 37.7 Å². The molecule has 0 atom stereocenters. The number of hydrogen-bond acceptors (Lipinski definition) is 11. The highest BCUT2D eigenvalue weighted by atomic mass is 16.8. The highest BCUT2D eigenvalue weighted by Crippen LogP contribution is 2.24. The molecule has 46 heavy (non-hydrogen) atoms. The zero-order valence-corrected chi connectivity index (χ0v) is 25.1. The number of nitrogen functional groups attached to an aromatic ring is 1. The van der Waals surface area contributed by atoms with Crippen molar-refractivity contribution < 1.29 is 33.3 Å². The molecule has 0 radical (unpaired) electrons. The van der Waals surface area contributed by atoms with Crippen LogP contribution < -0.4 is 5.73 Å². The molecule has 4 aromatic rings. The van der Waals surface area contributed by atoms with Crippen LogP contribution in [-0.2, 0) is 36.8 Å². The number of carbonyl (C=O) groups is 3. The second kappa shape index (κ2) is 15.4. The molecule has 0 amide bonds. The fourth-order valence-electron chi connectivity index (χ4n) is 4.95. The van der Waals surface area contributed by atoms with Crippen LogP contribution in [0.15, 0.2) is 73.2 Å². The van der Waals surface area contributed by atoms with Gasteiger partial charge in [-0.3, -0.25) is 14.8 Å². The van der Waals surface area contributed by atoms with E-state index in [2.05, 4.69) is 15.2 Å². The molecule has 3 N–H and O–H groups in total. The number of aryl methyl sites for hydroxylation is 1. The van der Waals surface area contributed by atoms with Crippen LogP contribution in [0.1, 0.15) is 65.7 Å². The van der Waals surface area contributed by atoms with Crippen molar-refractivity contribution in [3.05, 3.63) is 95.6 Å². The number of nitrogens with zero attached hydrogens (tertiary/aromatic N) is 4. The van der Waals surface area contributed by atoms with Crippen LogP contribution in [0.25, 0.3) is 17.1 Å². The van der Waals surface area contributed by atoms with Crippen molar-refractivity contribution in [2.24, 2.45) is 5.73 Å². The Labute approximate surface area is 265 Å². The fourth-order valence-corrected chi connectivity index (χ4v) is 4.95. The number of esters is 2. The average molecular weight is 627 g/mol. The van der Waals surface area contributed by atoms with Gasteiger partial charge in [0, 0.05) is 23.7 Å². The highest BCUT2D eigenvalue weighted by Gasteiger charge is 2.19. The Kier molecular flexibility index (Phi) is 10.7. The first kappa shape index (κ1) is 31.8. The van der Waals surface area contributed by atoms with E-state index in [1.807, 2.05) is 30.3 Å². The molecule has 2 aromatic heterocycles. The SMILES string of the molecule is N=C(N)c1cc(C(=O)OCc2ccccc2)ccc1-c1ccc(-n2cnc(CCC(=O)OCOC(=O)OC3CCCCC3)c2)nn1. The van der Waals surface area contributed by atoms with Crippen LogP contribution in [0.4, 0.5) is 4.79 Å². The van der Waals surface area contributed by atoms with Crippen molar-refractivity contribution in [3.8, 4) is 17.1 Å². The lowest BCUT2D eigenvalue weighted by Gasteiger charge is -2.21. The highest BCUT2D eigenvalue weighted by molar-refractivity contribution is 6.03. The van der Waals surface area contributed by atoms with Gasteiger partial charge in [0.15, 0.2) is 5.82 Å². The maximum Gasteiger partial charge on any atom is 0.511 e. The Balaban J connectivity index is 1.12. The number of carbonyl (C=O) groups excluding carboxylic acids is 3. The smallest absolute Gasteiger partial charge is 0.457 e. The molecule has 0 saturated heterocycles. The summed E-state index contributed by atoms with van der Waals surface area (Å²) >= 11 is 0. The van der Waals surface area contributed by atoms with Gasteiger partial charge in [-0.15, -0.1) is 10.2 Å². The van der Waals surface area contributed by atoms with E-state index in [0.29, 0.717) is 34.8 Å². The minimum atomic E-state index is -0.834. The minimum absolute atomic E-state index is 0.0340. The molecule has 1 aliphatic rings. The third-order valence-corrected chi connectivity index (χ3v) is 7.38. The zero-order valence-electron chi connectivity index (χ0n) is 25.1. The molecular weight excluding hydrogens is 592 g/mol. The maximum atomic E-state index is 12.6. The summed E-state index contributed by atoms with van der Waals surface area (Å²) in [5.74, 6) is -0.838. The third kappa shape index (κ3) is 8.74. The molecule has 238 valence electrons. The van der Waals surface area contributed by atoms with E-state index in [4.69, 9.17) is 30.1 Å². The number of nitrogens with two attached hydrogens (primary N) is 1. The normalized spacial score (nSPS) is 13.0. The summed E-state index contributed by atoms with van der Waals surface area (Å²) in [6, 6.07) is 17.5. The first-order chi connectivity index (χ1) is 22.4. The van der Waals surface area contributed by atoms with Crippen molar-refractivity contribution in [2.75, 3.05) is 6.79 Å². The largest absolute Gasteiger partial charge is 0.511 e. The summed E-state index contributed by atoms with van der Waals surface area (Å²) in [5.41, 5.74) is 8.88. The zero-order chi connectivity index (χ0) is 32.3. The van der Waals surface area contributed by atoms with Gasteiger partial charge in [0.1, 0.15) is 24.9 Å². The van der Waals surface area contributed by atoms with Crippen LogP contribution in [0, 0.1) is 5.41 Å². The average Bonchev–Trinajstić information content (AvgIpc) is 3.56. The molecule has 13 nitrogen and oxygen atoms in total. The summed E-state index contributed by atoms with van der Waals surface area (Å²) in [6.45, 7) is -0.385. The van der Waals surface area contributed by atoms with Gasteiger partial charge in [0.2, 0.25) is 6.79 Å². The van der Waals surface area contributed by atoms with E-state index < -0.39 is 24.9 Å². The van der Waals surface area contributed by atoms with Crippen LogP contribution >= 0.6 is 0 Å². The molecule has 0 bridgehead atoms. The predicted molar refractivity (Wildman–Crippen MR) is 165 cm³/mol. The molecular formula is C33H34N6O7. The van der Waals surface area contributed by atoms with Crippen molar-refractivity contribution in [3.63, 3.8) is 0 Å². The van der Waals surface area contributed by atoms with E-state index in [9.17, 15) is 14.4 Å². The van der Waals surface area contributed by atoms with Crippen LogP contribution in [0.3, 0.4) is 0 Å². The van der Waals surface area contributed by atoms with Gasteiger partial charge in [-0.25, -0.2) is 14.6 Å². The van der Waals surface area contributed by atoms with Gasteiger partial charge < -0.3 is 24.7 Å². The molecule has 2 heterocycles. The number of nitrogens with one attached hydrogen (secondary N) is 1. The molecule has 13 heteroatoms. The van der Waals surface area contributed by atoms with Crippen LogP contribution in [0.2, 0.25) is 0 Å². The molecule has 0 spiro atoms. The van der Waals surface area contributed by atoms with E-state index >= 15 is 0 Å². The first-order valence-corrected chi connectivity index (χ1v) is 14.9. The Hall–Kier alpha value is -5.59. The third-order valence-electron chi connectivity index (χ3n) is 7.38. The lowest BCUT2D eigenvalue weighted by atomic mass is 9.98. The molecule has 0 aliphatic heterocycles. The second-order valence-corrected chi connectivity index (χ2v) is 10.7. The summed E-state index contributed by atoms with van der Waals surface area (Å²) in [4.78, 5) is 40.8. The van der Waals surface area contributed by atoms with Crippen molar-refractivity contribution in [1.29, 1.82) is 5.41 Å². The number of benzene rings is 2. The molecule has 1 aliphatic carbocycles. The molecule has 2 aromatic carbocycles. The number of aromatic nitrogens is 4. The van der Waals surface area contributed by atoms with Gasteiger partial charge in [-0.2, -0.15) is 0 Å². The topological polar surface area (TPSA) is 182 Å². The molecule has 1 saturated carbocycles. The monoisotopic (exact) mass is 626 g/mol. The van der Waals surface area contributed by atoms with E-state index in [1.54, 1.807) is 41.4 Å². The lowest BCUT2D eigenvalue weighted by molar-refractivity contribution is -0.153. The quantitative estimate of drug-likeness (QED) is 0.0718. The van der Waals surface area contributed by atoms with Crippen molar-refractivity contribution in [1.82, 2.24) is 19.7 Å². The number of rotatable bonds is 12. The van der Waals surface area contributed by atoms with Gasteiger partial charge >= 0.3 is 18.1 Å². The number of ether oxygens (including phenoxy) is 4. The minimum Gasteiger partial charge on any atom is -0.457 e. The number of hydrogen-bond donors (Lipinski definition) is 2. The standard InChI is InChI=1S/C33H34N6O7/c34-31(35)27-17-23(32(41)43-19-22-7-3-1-4-8-22)11-13-26(27)28-14-15-29(38-37-28)39-18-24(36-20-39)12-16-30(40)44-21-45-33(42)46-25-9-5-2-6-10-25/h1,3-4,7-8,11,13-15,17-18,20,25H,2,5-6,9-10,12,16,19,21H2,(H3,34,35). The molecule has 0 unspecified atom stereocenters. The Bertz CT molecular complexity index is 1670. The maximum absolute atomic E-state index is 12.6. The second-order valence-electron chi connectivity index (χ2n) is 10.7. The fraction of sp³-hybridized carbons (Fsp3) is 0.303. The first-order valence-electron chi connectivity index (χ1n) is 14.9. The van der Waals surface area contributed by atoms with Crippen LogP contribution in [0.5, 0.6) is 0 Å². The van der Waals surface area contributed by atoms with Crippen molar-refractivity contribution >= 4 is 23.9 Å². The summed E-state index contributed by atoms with van der Waals surface area (Å²) < 4.78 is 22.1. The molecule has 5 rings (SSSR count). The van der Waals surface area contributed by atoms with Crippen LogP contribution in [-0.4, -0.2) is 56.6 Å². The van der Waals surface area contributed by atoms with E-state index in [-0.39, 0.29) is 30.5 Å². The number of imidazole rings is 1. The van der Waals surface area contributed by atoms with Gasteiger partial charge in [0.25, 0.3) is 0 Å². The van der Waals surface area contributed by atoms with E-state index in [1.165, 1.54) is 6.07 Å². The number of amidine groups is 1. The summed E-state index contributed by atoms with van der Waals surface area (Å²) in [6.07, 6.45) is 7.45. The van der Waals surface area contributed by atoms with Gasteiger partial charge in [-0.05, 0) is 55.5 Å². The summed E-state index contributed by atoms with van der Waals surface area (Å²) in [7, 11) is 0. The lowest BCUT2D eigenvalue weighted by Crippen LogP contribution is -2.22. The Morgan fingerprint density at radius 3 is 2.48 bits per heavy atom. The summed E-state index contributed by atoms with van der Waals surface area (Å²) in [5, 5.41) is 16.6. The molecule has 1 fully saturated rings. The predicted octanol–water partition coefficient (Wildman–Crippen LogP) is 4.89. The van der Waals surface area contributed by atoms with Crippen molar-refractivity contribution in [2.45, 2.75) is 57.7 Å². The van der Waals surface area contributed by atoms with Gasteiger partial charge in [0.05, 0.1) is 23.4 Å². The Morgan fingerprint density at radius 1 is 0.935 bits per heavy atom. The Morgan fingerprint density at radius 2 is 1.74 bits per heavy atom. The van der Waals surface area contributed by atoms with Gasteiger partial charge in [-0.1, -0.05) is 42.8 Å².